The number of sulfonamides is 1. The van der Waals surface area contributed by atoms with Crippen LogP contribution in [0.3, 0.4) is 0 Å². The van der Waals surface area contributed by atoms with Crippen molar-refractivity contribution in [1.29, 1.82) is 0 Å². The van der Waals surface area contributed by atoms with Gasteiger partial charge in [0, 0.05) is 11.0 Å². The van der Waals surface area contributed by atoms with Crippen molar-refractivity contribution in [2.24, 2.45) is 0 Å². The van der Waals surface area contributed by atoms with Gasteiger partial charge in [-0.25, -0.2) is 8.42 Å². The van der Waals surface area contributed by atoms with Crippen molar-refractivity contribution in [3.8, 4) is 0 Å². The van der Waals surface area contributed by atoms with Crippen molar-refractivity contribution in [3.05, 3.63) is 58.1 Å². The summed E-state index contributed by atoms with van der Waals surface area (Å²) in [5, 5.41) is 0. The number of anilines is 1. The molecule has 0 unspecified atom stereocenters. The third-order valence-corrected chi connectivity index (χ3v) is 5.83. The summed E-state index contributed by atoms with van der Waals surface area (Å²) >= 11 is 3.33. The number of halogens is 1. The van der Waals surface area contributed by atoms with E-state index in [1.165, 1.54) is 4.31 Å². The summed E-state index contributed by atoms with van der Waals surface area (Å²) in [7, 11) is -3.49. The molecule has 3 rings (SSSR count). The highest BCUT2D eigenvalue weighted by atomic mass is 79.9. The number of fused-ring (bicyclic) bond motifs is 1. The second kappa shape index (κ2) is 4.90. The van der Waals surface area contributed by atoms with Crippen LogP contribution in [0.2, 0.25) is 0 Å². The summed E-state index contributed by atoms with van der Waals surface area (Å²) in [5.41, 5.74) is 2.94. The molecular formula is C15H14BrNO2S. The number of nitrogens with zero attached hydrogens (tertiary/aromatic N) is 1. The van der Waals surface area contributed by atoms with Gasteiger partial charge in [-0.2, -0.15) is 0 Å². The van der Waals surface area contributed by atoms with E-state index in [0.717, 1.165) is 27.7 Å². The van der Waals surface area contributed by atoms with E-state index in [-0.39, 0.29) is 0 Å². The van der Waals surface area contributed by atoms with Crippen LogP contribution >= 0.6 is 15.9 Å². The maximum Gasteiger partial charge on any atom is 0.264 e. The van der Waals surface area contributed by atoms with Crippen LogP contribution in [0.25, 0.3) is 0 Å². The largest absolute Gasteiger partial charge is 0.265 e. The number of hydrogen-bond acceptors (Lipinski definition) is 2. The maximum absolute atomic E-state index is 12.8. The van der Waals surface area contributed by atoms with Crippen LogP contribution in [-0.4, -0.2) is 15.0 Å². The van der Waals surface area contributed by atoms with E-state index in [9.17, 15) is 8.42 Å². The molecule has 0 aliphatic carbocycles. The first-order valence-electron chi connectivity index (χ1n) is 6.37. The van der Waals surface area contributed by atoms with Gasteiger partial charge < -0.3 is 0 Å². The zero-order valence-corrected chi connectivity index (χ0v) is 13.4. The third kappa shape index (κ3) is 2.15. The molecule has 0 saturated carbocycles. The Bertz CT molecular complexity index is 771. The summed E-state index contributed by atoms with van der Waals surface area (Å²) in [4.78, 5) is 0.322. The van der Waals surface area contributed by atoms with Crippen molar-refractivity contribution in [3.63, 3.8) is 0 Å². The highest BCUT2D eigenvalue weighted by Gasteiger charge is 2.31. The SMILES string of the molecule is Cc1cccc2c1N(S(=O)(=O)c1cccc(Br)c1)CC2. The number of hydrogen-bond donors (Lipinski definition) is 0. The van der Waals surface area contributed by atoms with Crippen LogP contribution in [-0.2, 0) is 16.4 Å². The fourth-order valence-corrected chi connectivity index (χ4v) is 4.77. The van der Waals surface area contributed by atoms with Crippen molar-refractivity contribution in [2.45, 2.75) is 18.2 Å². The van der Waals surface area contributed by atoms with Crippen LogP contribution in [0.15, 0.2) is 51.8 Å². The average Bonchev–Trinajstić information content (AvgIpc) is 2.85. The van der Waals surface area contributed by atoms with Gasteiger partial charge in [-0.05, 0) is 42.7 Å². The minimum atomic E-state index is -3.49. The topological polar surface area (TPSA) is 37.4 Å². The first-order valence-corrected chi connectivity index (χ1v) is 8.60. The maximum atomic E-state index is 12.8. The molecule has 0 bridgehead atoms. The predicted octanol–water partition coefficient (Wildman–Crippen LogP) is 3.51. The highest BCUT2D eigenvalue weighted by molar-refractivity contribution is 9.10. The van der Waals surface area contributed by atoms with Gasteiger partial charge in [0.1, 0.15) is 0 Å². The first kappa shape index (κ1) is 13.6. The van der Waals surface area contributed by atoms with E-state index < -0.39 is 10.0 Å². The lowest BCUT2D eigenvalue weighted by Gasteiger charge is -2.21. The number of rotatable bonds is 2. The van der Waals surface area contributed by atoms with E-state index >= 15 is 0 Å². The van der Waals surface area contributed by atoms with Crippen molar-refractivity contribution >= 4 is 31.6 Å². The molecule has 1 aliphatic rings. The molecule has 0 radical (unpaired) electrons. The van der Waals surface area contributed by atoms with Crippen LogP contribution in [0, 0.1) is 6.92 Å². The first-order chi connectivity index (χ1) is 9.50. The van der Waals surface area contributed by atoms with Crippen molar-refractivity contribution < 1.29 is 8.42 Å². The highest BCUT2D eigenvalue weighted by Crippen LogP contribution is 2.35. The zero-order valence-electron chi connectivity index (χ0n) is 11.0. The Kier molecular flexibility index (Phi) is 3.34. The molecule has 20 heavy (non-hydrogen) atoms. The van der Waals surface area contributed by atoms with E-state index in [1.807, 2.05) is 31.2 Å². The van der Waals surface area contributed by atoms with Gasteiger partial charge in [0.15, 0.2) is 0 Å². The second-order valence-electron chi connectivity index (χ2n) is 4.87. The standard InChI is InChI=1S/C15H14BrNO2S/c1-11-4-2-5-12-8-9-17(15(11)12)20(18,19)14-7-3-6-13(16)10-14/h2-7,10H,8-9H2,1H3. The summed E-state index contributed by atoms with van der Waals surface area (Å²) in [6, 6.07) is 12.8. The van der Waals surface area contributed by atoms with Gasteiger partial charge in [-0.15, -0.1) is 0 Å². The molecule has 104 valence electrons. The Morgan fingerprint density at radius 2 is 1.90 bits per heavy atom. The Labute approximate surface area is 127 Å². The smallest absolute Gasteiger partial charge is 0.264 e. The third-order valence-electron chi connectivity index (χ3n) is 3.54. The lowest BCUT2D eigenvalue weighted by atomic mass is 10.1. The molecule has 5 heteroatoms. The van der Waals surface area contributed by atoms with Gasteiger partial charge in [-0.3, -0.25) is 4.31 Å². The molecule has 0 aromatic heterocycles. The zero-order chi connectivity index (χ0) is 14.3. The molecule has 1 heterocycles. The summed E-state index contributed by atoms with van der Waals surface area (Å²) in [6.07, 6.45) is 0.768. The Balaban J connectivity index is 2.12. The van der Waals surface area contributed by atoms with Gasteiger partial charge in [-0.1, -0.05) is 40.2 Å². The van der Waals surface area contributed by atoms with Gasteiger partial charge in [0.05, 0.1) is 10.6 Å². The number of aryl methyl sites for hydroxylation is 1. The van der Waals surface area contributed by atoms with Crippen LogP contribution in [0.5, 0.6) is 0 Å². The predicted molar refractivity (Wildman–Crippen MR) is 83.6 cm³/mol. The fraction of sp³-hybridized carbons (Fsp3) is 0.200. The normalized spacial score (nSPS) is 14.4. The molecule has 0 N–H and O–H groups in total. The lowest BCUT2D eigenvalue weighted by Crippen LogP contribution is -2.29. The van der Waals surface area contributed by atoms with Gasteiger partial charge >= 0.3 is 0 Å². The molecular weight excluding hydrogens is 338 g/mol. The van der Waals surface area contributed by atoms with Gasteiger partial charge in [0.2, 0.25) is 0 Å². The van der Waals surface area contributed by atoms with E-state index in [0.29, 0.717) is 11.4 Å². The molecule has 2 aromatic carbocycles. The Hall–Kier alpha value is -1.33. The molecule has 2 aromatic rings. The van der Waals surface area contributed by atoms with E-state index in [2.05, 4.69) is 15.9 Å². The summed E-state index contributed by atoms with van der Waals surface area (Å²) in [6.45, 7) is 2.46. The van der Waals surface area contributed by atoms with Crippen molar-refractivity contribution in [2.75, 3.05) is 10.8 Å². The van der Waals surface area contributed by atoms with E-state index in [4.69, 9.17) is 0 Å². The van der Waals surface area contributed by atoms with Crippen LogP contribution in [0.4, 0.5) is 5.69 Å². The summed E-state index contributed by atoms with van der Waals surface area (Å²) in [5.74, 6) is 0. The number of benzene rings is 2. The van der Waals surface area contributed by atoms with Crippen LogP contribution < -0.4 is 4.31 Å². The van der Waals surface area contributed by atoms with E-state index in [1.54, 1.807) is 18.2 Å². The molecule has 1 aliphatic heterocycles. The monoisotopic (exact) mass is 351 g/mol. The lowest BCUT2D eigenvalue weighted by molar-refractivity contribution is 0.592. The minimum Gasteiger partial charge on any atom is -0.265 e. The van der Waals surface area contributed by atoms with Crippen LogP contribution in [0.1, 0.15) is 11.1 Å². The molecule has 0 amide bonds. The Morgan fingerprint density at radius 1 is 1.15 bits per heavy atom. The van der Waals surface area contributed by atoms with Gasteiger partial charge in [0.25, 0.3) is 10.0 Å². The molecule has 3 nitrogen and oxygen atoms in total. The Morgan fingerprint density at radius 3 is 2.65 bits per heavy atom. The summed E-state index contributed by atoms with van der Waals surface area (Å²) < 4.78 is 27.9. The molecule has 0 atom stereocenters. The van der Waals surface area contributed by atoms with Crippen molar-refractivity contribution in [1.82, 2.24) is 0 Å². The average molecular weight is 352 g/mol. The molecule has 0 spiro atoms. The fourth-order valence-electron chi connectivity index (χ4n) is 2.61. The number of para-hydroxylation sites is 1. The minimum absolute atomic E-state index is 0.322. The molecule has 0 fully saturated rings. The second-order valence-corrected chi connectivity index (χ2v) is 7.65. The molecule has 0 saturated heterocycles. The quantitative estimate of drug-likeness (QED) is 0.830.